The summed E-state index contributed by atoms with van der Waals surface area (Å²) in [4.78, 5) is 37.5. The Kier molecular flexibility index (Phi) is 5.45. The molecule has 4 aromatic rings. The third-order valence-electron chi connectivity index (χ3n) is 7.06. The monoisotopic (exact) mass is 474 g/mol. The fourth-order valence-corrected chi connectivity index (χ4v) is 5.41. The van der Waals surface area contributed by atoms with E-state index in [0.29, 0.717) is 0 Å². The summed E-state index contributed by atoms with van der Waals surface area (Å²) in [6, 6.07) is 31.6. The second kappa shape index (κ2) is 8.93. The van der Waals surface area contributed by atoms with Gasteiger partial charge in [-0.05, 0) is 44.5 Å². The van der Waals surface area contributed by atoms with Gasteiger partial charge in [-0.15, -0.1) is 0 Å². The van der Waals surface area contributed by atoms with Gasteiger partial charge in [0.25, 0.3) is 0 Å². The average molecular weight is 475 g/mol. The number of carbonyl (C=O) groups excluding carboxylic acids is 3. The van der Waals surface area contributed by atoms with Gasteiger partial charge in [-0.3, -0.25) is 4.79 Å². The molecule has 6 rings (SSSR count). The van der Waals surface area contributed by atoms with E-state index in [0.717, 1.165) is 44.5 Å². The topological polar surface area (TPSA) is 69.7 Å². The molecule has 0 bridgehead atoms. The molecule has 0 spiro atoms. The molecule has 0 unspecified atom stereocenters. The highest BCUT2D eigenvalue weighted by Gasteiger charge is 2.34. The zero-order valence-electron chi connectivity index (χ0n) is 19.3. The molecule has 0 N–H and O–H groups in total. The van der Waals surface area contributed by atoms with Crippen molar-refractivity contribution in [3.05, 3.63) is 119 Å². The lowest BCUT2D eigenvalue weighted by atomic mass is 9.98. The van der Waals surface area contributed by atoms with Gasteiger partial charge in [0.05, 0.1) is 0 Å². The number of ketones is 1. The van der Waals surface area contributed by atoms with Crippen molar-refractivity contribution in [1.82, 2.24) is 0 Å². The first-order valence-corrected chi connectivity index (χ1v) is 11.9. The van der Waals surface area contributed by atoms with Crippen LogP contribution in [0, 0.1) is 0 Å². The van der Waals surface area contributed by atoms with Crippen molar-refractivity contribution in [2.24, 2.45) is 0 Å². The molecule has 4 aromatic carbocycles. The standard InChI is InChI=1S/C31H22O5/c32-29(30(33)35-17-27-23-13-5-1-9-19(23)20-10-2-6-14-24(20)27)31(34)36-18-28-25-15-7-3-11-21(25)22-12-4-8-16-26(22)28/h1-16,27-28H,17-18H2. The Morgan fingerprint density at radius 1 is 0.472 bits per heavy atom. The predicted molar refractivity (Wildman–Crippen MR) is 134 cm³/mol. The Morgan fingerprint density at radius 3 is 1.06 bits per heavy atom. The number of hydrogen-bond donors (Lipinski definition) is 0. The summed E-state index contributed by atoms with van der Waals surface area (Å²) in [6.07, 6.45) is 0. The predicted octanol–water partition coefficient (Wildman–Crippen LogP) is 5.27. The zero-order chi connectivity index (χ0) is 24.6. The van der Waals surface area contributed by atoms with Gasteiger partial charge in [-0.1, -0.05) is 97.1 Å². The maximum atomic E-state index is 12.5. The van der Waals surface area contributed by atoms with Gasteiger partial charge in [0.15, 0.2) is 0 Å². The van der Waals surface area contributed by atoms with Gasteiger partial charge in [0.1, 0.15) is 13.2 Å². The van der Waals surface area contributed by atoms with Crippen LogP contribution in [0.15, 0.2) is 97.1 Å². The number of benzene rings is 4. The highest BCUT2D eigenvalue weighted by Crippen LogP contribution is 2.45. The molecule has 0 heterocycles. The lowest BCUT2D eigenvalue weighted by molar-refractivity contribution is -0.164. The molecule has 5 heteroatoms. The van der Waals surface area contributed by atoms with Crippen LogP contribution in [-0.2, 0) is 23.9 Å². The SMILES string of the molecule is O=C(OCC1c2ccccc2-c2ccccc21)C(=O)C(=O)OCC1c2ccccc2-c2ccccc21. The molecule has 0 aliphatic heterocycles. The Hall–Kier alpha value is -4.51. The second-order valence-corrected chi connectivity index (χ2v) is 8.98. The van der Waals surface area contributed by atoms with E-state index in [-0.39, 0.29) is 25.0 Å². The van der Waals surface area contributed by atoms with Crippen molar-refractivity contribution in [1.29, 1.82) is 0 Å². The fraction of sp³-hybridized carbons (Fsp3) is 0.129. The highest BCUT2D eigenvalue weighted by molar-refractivity contribution is 6.60. The van der Waals surface area contributed by atoms with Crippen LogP contribution in [0.2, 0.25) is 0 Å². The molecule has 176 valence electrons. The first kappa shape index (κ1) is 22.0. The van der Waals surface area contributed by atoms with Crippen molar-refractivity contribution in [2.75, 3.05) is 13.2 Å². The number of esters is 2. The molecule has 0 radical (unpaired) electrons. The van der Waals surface area contributed by atoms with Crippen molar-refractivity contribution >= 4 is 17.7 Å². The first-order valence-electron chi connectivity index (χ1n) is 11.9. The maximum Gasteiger partial charge on any atom is 0.386 e. The largest absolute Gasteiger partial charge is 0.458 e. The van der Waals surface area contributed by atoms with E-state index >= 15 is 0 Å². The highest BCUT2D eigenvalue weighted by atomic mass is 16.6. The summed E-state index contributed by atoms with van der Waals surface area (Å²) in [5, 5.41) is 0. The lowest BCUT2D eigenvalue weighted by Crippen LogP contribution is -2.30. The van der Waals surface area contributed by atoms with Crippen LogP contribution in [-0.4, -0.2) is 30.9 Å². The van der Waals surface area contributed by atoms with E-state index in [1.165, 1.54) is 0 Å². The van der Waals surface area contributed by atoms with Crippen molar-refractivity contribution in [2.45, 2.75) is 11.8 Å². The van der Waals surface area contributed by atoms with Crippen molar-refractivity contribution in [3.63, 3.8) is 0 Å². The third-order valence-corrected chi connectivity index (χ3v) is 7.06. The number of rotatable bonds is 6. The number of ether oxygens (including phenoxy) is 2. The molecule has 0 aromatic heterocycles. The Morgan fingerprint density at radius 2 is 0.750 bits per heavy atom. The van der Waals surface area contributed by atoms with Gasteiger partial charge in [-0.2, -0.15) is 0 Å². The number of carbonyl (C=O) groups is 3. The van der Waals surface area contributed by atoms with E-state index in [2.05, 4.69) is 0 Å². The van der Waals surface area contributed by atoms with Gasteiger partial charge in [0.2, 0.25) is 0 Å². The van der Waals surface area contributed by atoms with Gasteiger partial charge in [-0.25, -0.2) is 9.59 Å². The van der Waals surface area contributed by atoms with Gasteiger partial charge >= 0.3 is 17.7 Å². The van der Waals surface area contributed by atoms with E-state index in [1.807, 2.05) is 97.1 Å². The van der Waals surface area contributed by atoms with Crippen LogP contribution < -0.4 is 0 Å². The second-order valence-electron chi connectivity index (χ2n) is 8.98. The molecular weight excluding hydrogens is 452 g/mol. The Balaban J connectivity index is 1.12. The van der Waals surface area contributed by atoms with Crippen LogP contribution in [0.3, 0.4) is 0 Å². The van der Waals surface area contributed by atoms with E-state index in [9.17, 15) is 14.4 Å². The van der Waals surface area contributed by atoms with Crippen LogP contribution in [0.4, 0.5) is 0 Å². The zero-order valence-corrected chi connectivity index (χ0v) is 19.3. The minimum atomic E-state index is -1.30. The molecule has 2 aliphatic carbocycles. The first-order chi connectivity index (χ1) is 17.6. The molecular formula is C31H22O5. The molecule has 0 atom stereocenters. The summed E-state index contributed by atoms with van der Waals surface area (Å²) < 4.78 is 10.6. The molecule has 0 saturated carbocycles. The van der Waals surface area contributed by atoms with Gasteiger partial charge < -0.3 is 9.47 Å². The summed E-state index contributed by atoms with van der Waals surface area (Å²) in [6.45, 7) is -0.0650. The Bertz CT molecular complexity index is 1310. The maximum absolute atomic E-state index is 12.5. The summed E-state index contributed by atoms with van der Waals surface area (Å²) in [5.74, 6) is -4.09. The number of Topliss-reactive ketones (excluding diaryl/α,β-unsaturated/α-hetero) is 1. The molecule has 0 fully saturated rings. The van der Waals surface area contributed by atoms with E-state index in [1.54, 1.807) is 0 Å². The van der Waals surface area contributed by atoms with Gasteiger partial charge in [0, 0.05) is 11.8 Å². The number of fused-ring (bicyclic) bond motifs is 6. The lowest BCUT2D eigenvalue weighted by Gasteiger charge is -2.15. The molecule has 0 amide bonds. The summed E-state index contributed by atoms with van der Waals surface area (Å²) in [7, 11) is 0. The minimum Gasteiger partial charge on any atom is -0.458 e. The quantitative estimate of drug-likeness (QED) is 0.216. The van der Waals surface area contributed by atoms with Crippen molar-refractivity contribution < 1.29 is 23.9 Å². The average Bonchev–Trinajstić information content (AvgIpc) is 3.42. The van der Waals surface area contributed by atoms with Crippen LogP contribution >= 0.6 is 0 Å². The fourth-order valence-electron chi connectivity index (χ4n) is 5.41. The van der Waals surface area contributed by atoms with Crippen LogP contribution in [0.5, 0.6) is 0 Å². The molecule has 36 heavy (non-hydrogen) atoms. The number of hydrogen-bond acceptors (Lipinski definition) is 5. The summed E-state index contributed by atoms with van der Waals surface area (Å²) in [5.41, 5.74) is 8.43. The molecule has 2 aliphatic rings. The van der Waals surface area contributed by atoms with Crippen LogP contribution in [0.1, 0.15) is 34.1 Å². The molecule has 5 nitrogen and oxygen atoms in total. The Labute approximate surface area is 208 Å². The third kappa shape index (κ3) is 3.60. The van der Waals surface area contributed by atoms with E-state index in [4.69, 9.17) is 9.47 Å². The summed E-state index contributed by atoms with van der Waals surface area (Å²) >= 11 is 0. The van der Waals surface area contributed by atoms with Crippen LogP contribution in [0.25, 0.3) is 22.3 Å². The smallest absolute Gasteiger partial charge is 0.386 e. The molecule has 0 saturated heterocycles. The van der Waals surface area contributed by atoms with E-state index < -0.39 is 17.7 Å². The normalized spacial score (nSPS) is 13.3. The van der Waals surface area contributed by atoms with Crippen molar-refractivity contribution in [3.8, 4) is 22.3 Å². The minimum absolute atomic E-state index is 0.0325.